The maximum absolute atomic E-state index is 12.4. The van der Waals surface area contributed by atoms with Gasteiger partial charge < -0.3 is 10.5 Å². The number of halogens is 3. The van der Waals surface area contributed by atoms with Crippen molar-refractivity contribution in [2.45, 2.75) is 25.7 Å². The number of hydrogen-bond acceptors (Lipinski definition) is 2. The summed E-state index contributed by atoms with van der Waals surface area (Å²) in [5.74, 6) is -0.204. The van der Waals surface area contributed by atoms with E-state index in [2.05, 4.69) is 4.74 Å². The fraction of sp³-hybridized carbons (Fsp3) is 0.250. The van der Waals surface area contributed by atoms with E-state index in [0.717, 1.165) is 12.0 Å². The minimum atomic E-state index is -4.70. The van der Waals surface area contributed by atoms with Gasteiger partial charge in [-0.2, -0.15) is 0 Å². The number of benzene rings is 2. The highest BCUT2D eigenvalue weighted by Gasteiger charge is 2.32. The first-order valence-corrected chi connectivity index (χ1v) is 6.55. The fourth-order valence-corrected chi connectivity index (χ4v) is 2.11. The summed E-state index contributed by atoms with van der Waals surface area (Å²) in [5, 5.41) is 0. The standard InChI is InChI=1S/C16H16F3NO/c1-11(20)10-12-6-8-13(9-7-12)14-4-2-3-5-15(14)21-16(17,18)19/h2-9,11H,10,20H2,1H3. The van der Waals surface area contributed by atoms with E-state index in [1.165, 1.54) is 12.1 Å². The van der Waals surface area contributed by atoms with Crippen LogP contribution in [0.15, 0.2) is 48.5 Å². The van der Waals surface area contributed by atoms with Crippen LogP contribution in [0.5, 0.6) is 5.75 Å². The van der Waals surface area contributed by atoms with E-state index in [1.54, 1.807) is 24.3 Å². The van der Waals surface area contributed by atoms with Gasteiger partial charge in [-0.05, 0) is 30.5 Å². The predicted molar refractivity (Wildman–Crippen MR) is 75.9 cm³/mol. The summed E-state index contributed by atoms with van der Waals surface area (Å²) in [4.78, 5) is 0. The van der Waals surface area contributed by atoms with E-state index in [9.17, 15) is 13.2 Å². The summed E-state index contributed by atoms with van der Waals surface area (Å²) >= 11 is 0. The summed E-state index contributed by atoms with van der Waals surface area (Å²) in [7, 11) is 0. The van der Waals surface area contributed by atoms with Crippen LogP contribution in [0.2, 0.25) is 0 Å². The van der Waals surface area contributed by atoms with Crippen molar-refractivity contribution in [2.75, 3.05) is 0 Å². The first-order chi connectivity index (χ1) is 9.85. The van der Waals surface area contributed by atoms with E-state index in [-0.39, 0.29) is 11.8 Å². The van der Waals surface area contributed by atoms with Crippen molar-refractivity contribution in [3.8, 4) is 16.9 Å². The Morgan fingerprint density at radius 2 is 1.67 bits per heavy atom. The van der Waals surface area contributed by atoms with E-state index < -0.39 is 6.36 Å². The van der Waals surface area contributed by atoms with Crippen molar-refractivity contribution in [1.29, 1.82) is 0 Å². The van der Waals surface area contributed by atoms with E-state index in [0.29, 0.717) is 11.1 Å². The lowest BCUT2D eigenvalue weighted by atomic mass is 10.0. The molecule has 21 heavy (non-hydrogen) atoms. The van der Waals surface area contributed by atoms with Gasteiger partial charge in [0.1, 0.15) is 5.75 Å². The van der Waals surface area contributed by atoms with Crippen LogP contribution in [0.25, 0.3) is 11.1 Å². The van der Waals surface area contributed by atoms with Crippen LogP contribution in [0.3, 0.4) is 0 Å². The Balaban J connectivity index is 2.29. The molecule has 2 rings (SSSR count). The van der Waals surface area contributed by atoms with Gasteiger partial charge in [0.2, 0.25) is 0 Å². The van der Waals surface area contributed by atoms with Crippen molar-refractivity contribution in [1.82, 2.24) is 0 Å². The summed E-state index contributed by atoms with van der Waals surface area (Å²) in [6.07, 6.45) is -3.98. The molecule has 2 aromatic rings. The number of para-hydroxylation sites is 1. The summed E-state index contributed by atoms with van der Waals surface area (Å²) in [5.41, 5.74) is 7.84. The van der Waals surface area contributed by atoms with Crippen molar-refractivity contribution < 1.29 is 17.9 Å². The number of rotatable bonds is 4. The van der Waals surface area contributed by atoms with E-state index in [4.69, 9.17) is 5.73 Å². The second-order valence-electron chi connectivity index (χ2n) is 4.92. The largest absolute Gasteiger partial charge is 0.573 e. The third-order valence-corrected chi connectivity index (χ3v) is 2.94. The Bertz CT molecular complexity index is 591. The molecule has 2 aromatic carbocycles. The van der Waals surface area contributed by atoms with Crippen LogP contribution in [-0.4, -0.2) is 12.4 Å². The van der Waals surface area contributed by atoms with Crippen molar-refractivity contribution in [3.63, 3.8) is 0 Å². The summed E-state index contributed by atoms with van der Waals surface area (Å²) < 4.78 is 41.3. The molecule has 0 aliphatic carbocycles. The van der Waals surface area contributed by atoms with Crippen LogP contribution in [0.4, 0.5) is 13.2 Å². The molecule has 112 valence electrons. The monoisotopic (exact) mass is 295 g/mol. The Labute approximate surface area is 121 Å². The van der Waals surface area contributed by atoms with Gasteiger partial charge in [-0.15, -0.1) is 13.2 Å². The van der Waals surface area contributed by atoms with Crippen LogP contribution >= 0.6 is 0 Å². The van der Waals surface area contributed by atoms with Gasteiger partial charge in [-0.3, -0.25) is 0 Å². The number of nitrogens with two attached hydrogens (primary N) is 1. The van der Waals surface area contributed by atoms with Crippen molar-refractivity contribution in [3.05, 3.63) is 54.1 Å². The van der Waals surface area contributed by atoms with E-state index in [1.807, 2.05) is 19.1 Å². The second-order valence-corrected chi connectivity index (χ2v) is 4.92. The predicted octanol–water partition coefficient (Wildman–Crippen LogP) is 4.14. The Kier molecular flexibility index (Phi) is 4.53. The van der Waals surface area contributed by atoms with Gasteiger partial charge in [0.05, 0.1) is 0 Å². The molecule has 0 spiro atoms. The number of hydrogen-bond donors (Lipinski definition) is 1. The Hall–Kier alpha value is -2.01. The lowest BCUT2D eigenvalue weighted by Crippen LogP contribution is -2.18. The Morgan fingerprint density at radius 3 is 2.24 bits per heavy atom. The van der Waals surface area contributed by atoms with Gasteiger partial charge in [0, 0.05) is 11.6 Å². The molecule has 1 atom stereocenters. The maximum atomic E-state index is 12.4. The first kappa shape index (κ1) is 15.4. The highest BCUT2D eigenvalue weighted by molar-refractivity contribution is 5.70. The molecule has 0 amide bonds. The first-order valence-electron chi connectivity index (χ1n) is 6.55. The lowest BCUT2D eigenvalue weighted by molar-refractivity contribution is -0.274. The molecule has 2 N–H and O–H groups in total. The highest BCUT2D eigenvalue weighted by atomic mass is 19.4. The average Bonchev–Trinajstić information content (AvgIpc) is 2.38. The minimum absolute atomic E-state index is 0.0386. The molecule has 0 saturated heterocycles. The molecule has 2 nitrogen and oxygen atoms in total. The third-order valence-electron chi connectivity index (χ3n) is 2.94. The molecular weight excluding hydrogens is 279 g/mol. The lowest BCUT2D eigenvalue weighted by Gasteiger charge is -2.13. The van der Waals surface area contributed by atoms with Gasteiger partial charge in [-0.25, -0.2) is 0 Å². The van der Waals surface area contributed by atoms with E-state index >= 15 is 0 Å². The number of ether oxygens (including phenoxy) is 1. The third kappa shape index (κ3) is 4.49. The van der Waals surface area contributed by atoms with Crippen molar-refractivity contribution >= 4 is 0 Å². The van der Waals surface area contributed by atoms with Gasteiger partial charge >= 0.3 is 6.36 Å². The fourth-order valence-electron chi connectivity index (χ4n) is 2.11. The molecule has 0 aromatic heterocycles. The summed E-state index contributed by atoms with van der Waals surface area (Å²) in [6, 6.07) is 13.4. The van der Waals surface area contributed by atoms with Crippen LogP contribution in [0, 0.1) is 0 Å². The molecule has 0 fully saturated rings. The zero-order valence-electron chi connectivity index (χ0n) is 11.5. The zero-order chi connectivity index (χ0) is 15.5. The van der Waals surface area contributed by atoms with Gasteiger partial charge in [-0.1, -0.05) is 42.5 Å². The second kappa shape index (κ2) is 6.18. The minimum Gasteiger partial charge on any atom is -0.405 e. The van der Waals surface area contributed by atoms with Crippen LogP contribution in [-0.2, 0) is 6.42 Å². The van der Waals surface area contributed by atoms with Gasteiger partial charge in [0.25, 0.3) is 0 Å². The Morgan fingerprint density at radius 1 is 1.05 bits per heavy atom. The highest BCUT2D eigenvalue weighted by Crippen LogP contribution is 2.33. The quantitative estimate of drug-likeness (QED) is 0.920. The molecule has 0 bridgehead atoms. The average molecular weight is 295 g/mol. The molecule has 0 saturated carbocycles. The maximum Gasteiger partial charge on any atom is 0.573 e. The van der Waals surface area contributed by atoms with Crippen LogP contribution in [0.1, 0.15) is 12.5 Å². The van der Waals surface area contributed by atoms with Crippen molar-refractivity contribution in [2.24, 2.45) is 5.73 Å². The smallest absolute Gasteiger partial charge is 0.405 e. The normalized spacial score (nSPS) is 13.0. The molecule has 0 aliphatic heterocycles. The van der Waals surface area contributed by atoms with Gasteiger partial charge in [0.15, 0.2) is 0 Å². The molecular formula is C16H16F3NO. The zero-order valence-corrected chi connectivity index (χ0v) is 11.5. The molecule has 0 radical (unpaired) electrons. The molecule has 0 aliphatic rings. The molecule has 1 unspecified atom stereocenters. The number of alkyl halides is 3. The topological polar surface area (TPSA) is 35.2 Å². The molecule has 5 heteroatoms. The molecule has 0 heterocycles. The summed E-state index contributed by atoms with van der Waals surface area (Å²) in [6.45, 7) is 1.90. The SMILES string of the molecule is CC(N)Cc1ccc(-c2ccccc2OC(F)(F)F)cc1. The van der Waals surface area contributed by atoms with Crippen LogP contribution < -0.4 is 10.5 Å².